The maximum absolute atomic E-state index is 11.4. The number of aromatic nitrogens is 1. The summed E-state index contributed by atoms with van der Waals surface area (Å²) in [6, 6.07) is 5.18. The zero-order chi connectivity index (χ0) is 16.9. The third-order valence-electron chi connectivity index (χ3n) is 3.79. The Hall–Kier alpha value is -2.68. The van der Waals surface area contributed by atoms with Gasteiger partial charge < -0.3 is 10.6 Å². The average Bonchev–Trinajstić information content (AvgIpc) is 3.01. The van der Waals surface area contributed by atoms with E-state index in [0.717, 1.165) is 25.9 Å². The molecule has 1 aromatic carbocycles. The molecule has 126 valence electrons. The van der Waals surface area contributed by atoms with Crippen LogP contribution in [0.5, 0.6) is 0 Å². The maximum Gasteiger partial charge on any atom is 0.293 e. The number of nitrogen functional groups attached to an aromatic ring is 1. The zero-order valence-corrected chi connectivity index (χ0v) is 13.8. The van der Waals surface area contributed by atoms with Gasteiger partial charge in [-0.1, -0.05) is 6.07 Å². The lowest BCUT2D eigenvalue weighted by Gasteiger charge is -2.28. The van der Waals surface area contributed by atoms with Gasteiger partial charge in [0.25, 0.3) is 5.69 Å². The largest absolute Gasteiger partial charge is 0.383 e. The van der Waals surface area contributed by atoms with Crippen LogP contribution in [0.25, 0.3) is 0 Å². The lowest BCUT2D eigenvalue weighted by atomic mass is 10.1. The number of rotatable bonds is 5. The Balaban J connectivity index is 1.76. The molecule has 0 radical (unpaired) electrons. The van der Waals surface area contributed by atoms with Crippen molar-refractivity contribution in [3.8, 4) is 0 Å². The van der Waals surface area contributed by atoms with Crippen LogP contribution in [0.4, 0.5) is 22.3 Å². The predicted octanol–water partition coefficient (Wildman–Crippen LogP) is 3.07. The van der Waals surface area contributed by atoms with E-state index in [2.05, 4.69) is 20.4 Å². The highest BCUT2D eigenvalue weighted by Crippen LogP contribution is 2.31. The van der Waals surface area contributed by atoms with Gasteiger partial charge in [0, 0.05) is 30.1 Å². The minimum atomic E-state index is -0.337. The third-order valence-corrected chi connectivity index (χ3v) is 4.55. The van der Waals surface area contributed by atoms with Gasteiger partial charge in [-0.25, -0.2) is 4.98 Å². The molecule has 1 aliphatic heterocycles. The summed E-state index contributed by atoms with van der Waals surface area (Å²) in [6.07, 6.45) is 4.86. The molecule has 3 rings (SSSR count). The molecule has 1 aromatic heterocycles. The number of piperidine rings is 1. The molecule has 0 atom stereocenters. The Morgan fingerprint density at radius 1 is 1.38 bits per heavy atom. The van der Waals surface area contributed by atoms with Crippen molar-refractivity contribution in [3.05, 3.63) is 39.3 Å². The number of nitrogens with zero attached hydrogens (tertiary/aromatic N) is 4. The highest BCUT2D eigenvalue weighted by Gasteiger charge is 2.21. The molecule has 1 fully saturated rings. The topological polar surface area (TPSA) is 110 Å². The van der Waals surface area contributed by atoms with E-state index in [1.165, 1.54) is 24.0 Å². The lowest BCUT2D eigenvalue weighted by molar-refractivity contribution is -0.384. The van der Waals surface area contributed by atoms with Crippen molar-refractivity contribution in [3.63, 3.8) is 0 Å². The Morgan fingerprint density at radius 2 is 2.17 bits per heavy atom. The monoisotopic (exact) mass is 346 g/mol. The first-order chi connectivity index (χ1) is 11.6. The fourth-order valence-electron chi connectivity index (χ4n) is 2.67. The molecule has 0 aliphatic carbocycles. The third kappa shape index (κ3) is 3.80. The predicted molar refractivity (Wildman–Crippen MR) is 96.9 cm³/mol. The number of nitro groups is 1. The molecule has 0 bridgehead atoms. The van der Waals surface area contributed by atoms with E-state index in [-0.39, 0.29) is 10.6 Å². The van der Waals surface area contributed by atoms with Crippen LogP contribution < -0.4 is 16.1 Å². The molecule has 24 heavy (non-hydrogen) atoms. The van der Waals surface area contributed by atoms with Gasteiger partial charge in [0.2, 0.25) is 5.13 Å². The summed E-state index contributed by atoms with van der Waals surface area (Å²) in [5.41, 5.74) is 9.73. The molecular weight excluding hydrogens is 328 g/mol. The van der Waals surface area contributed by atoms with E-state index in [1.54, 1.807) is 17.5 Å². The summed E-state index contributed by atoms with van der Waals surface area (Å²) in [4.78, 5) is 17.2. The van der Waals surface area contributed by atoms with Gasteiger partial charge in [-0.2, -0.15) is 5.10 Å². The van der Waals surface area contributed by atoms with Crippen LogP contribution in [0.15, 0.2) is 28.7 Å². The molecule has 9 heteroatoms. The van der Waals surface area contributed by atoms with Crippen molar-refractivity contribution in [2.75, 3.05) is 29.1 Å². The van der Waals surface area contributed by atoms with Crippen LogP contribution in [0.1, 0.15) is 24.8 Å². The first-order valence-electron chi connectivity index (χ1n) is 7.67. The van der Waals surface area contributed by atoms with E-state index in [0.29, 0.717) is 22.2 Å². The fraction of sp³-hybridized carbons (Fsp3) is 0.333. The fourth-order valence-corrected chi connectivity index (χ4v) is 3.22. The van der Waals surface area contributed by atoms with Crippen molar-refractivity contribution >= 4 is 39.9 Å². The second-order valence-corrected chi connectivity index (χ2v) is 6.36. The van der Waals surface area contributed by atoms with Crippen LogP contribution in [0.3, 0.4) is 0 Å². The van der Waals surface area contributed by atoms with Crippen LogP contribution >= 0.6 is 11.3 Å². The lowest BCUT2D eigenvalue weighted by Crippen LogP contribution is -2.29. The molecule has 0 unspecified atom stereocenters. The molecular formula is C15H18N6O2S. The second-order valence-electron chi connectivity index (χ2n) is 5.50. The minimum Gasteiger partial charge on any atom is -0.383 e. The number of thiazole rings is 1. The van der Waals surface area contributed by atoms with Crippen LogP contribution in [0.2, 0.25) is 0 Å². The van der Waals surface area contributed by atoms with Crippen molar-refractivity contribution < 1.29 is 4.92 Å². The number of anilines is 3. The normalized spacial score (nSPS) is 14.9. The van der Waals surface area contributed by atoms with Crippen molar-refractivity contribution in [2.45, 2.75) is 19.3 Å². The second kappa shape index (κ2) is 7.26. The number of hydrogen-bond donors (Lipinski definition) is 2. The quantitative estimate of drug-likeness (QED) is 0.489. The number of nitrogens with one attached hydrogen (secondary N) is 1. The number of nitro benzene ring substituents is 1. The first-order valence-corrected chi connectivity index (χ1v) is 8.55. The summed E-state index contributed by atoms with van der Waals surface area (Å²) in [7, 11) is 0. The van der Waals surface area contributed by atoms with E-state index in [4.69, 9.17) is 5.73 Å². The molecule has 2 aromatic rings. The van der Waals surface area contributed by atoms with Gasteiger partial charge in [0.15, 0.2) is 0 Å². The minimum absolute atomic E-state index is 0.111. The van der Waals surface area contributed by atoms with Crippen molar-refractivity contribution in [2.24, 2.45) is 5.10 Å². The standard InChI is InChI=1S/C15H18N6O2S/c16-14-10-24-15(18-14)19-17-9-11-4-5-12(13(8-11)21(22)23)20-6-2-1-3-7-20/h4-5,8-10H,1-3,6-7,16H2,(H,18,19). The number of hydrogen-bond acceptors (Lipinski definition) is 8. The Kier molecular flexibility index (Phi) is 4.90. The van der Waals surface area contributed by atoms with E-state index in [9.17, 15) is 10.1 Å². The summed E-state index contributed by atoms with van der Waals surface area (Å²) in [5.74, 6) is 0.430. The molecule has 3 N–H and O–H groups in total. The Bertz CT molecular complexity index is 754. The zero-order valence-electron chi connectivity index (χ0n) is 13.0. The van der Waals surface area contributed by atoms with E-state index >= 15 is 0 Å². The van der Waals surface area contributed by atoms with Crippen LogP contribution in [-0.2, 0) is 0 Å². The summed E-state index contributed by atoms with van der Waals surface area (Å²) in [6.45, 7) is 1.72. The molecule has 1 saturated heterocycles. The number of nitrogens with two attached hydrogens (primary N) is 1. The Morgan fingerprint density at radius 3 is 2.83 bits per heavy atom. The molecule has 0 spiro atoms. The van der Waals surface area contributed by atoms with E-state index in [1.807, 2.05) is 6.07 Å². The molecule has 2 heterocycles. The Labute approximate surface area is 143 Å². The highest BCUT2D eigenvalue weighted by atomic mass is 32.1. The summed E-state index contributed by atoms with van der Waals surface area (Å²) < 4.78 is 0. The van der Waals surface area contributed by atoms with Gasteiger partial charge >= 0.3 is 0 Å². The van der Waals surface area contributed by atoms with Gasteiger partial charge in [-0.3, -0.25) is 15.5 Å². The smallest absolute Gasteiger partial charge is 0.293 e. The van der Waals surface area contributed by atoms with Gasteiger partial charge in [0.05, 0.1) is 11.1 Å². The van der Waals surface area contributed by atoms with Gasteiger partial charge in [-0.05, 0) is 25.3 Å². The SMILES string of the molecule is Nc1csc(NN=Cc2ccc(N3CCCCC3)c([N+](=O)[O-])c2)n1. The first kappa shape index (κ1) is 16.2. The summed E-state index contributed by atoms with van der Waals surface area (Å²) in [5, 5.41) is 17.7. The summed E-state index contributed by atoms with van der Waals surface area (Å²) >= 11 is 1.34. The van der Waals surface area contributed by atoms with E-state index < -0.39 is 0 Å². The molecule has 0 saturated carbocycles. The average molecular weight is 346 g/mol. The molecule has 0 amide bonds. The highest BCUT2D eigenvalue weighted by molar-refractivity contribution is 7.14. The molecule has 8 nitrogen and oxygen atoms in total. The van der Waals surface area contributed by atoms with Gasteiger partial charge in [-0.15, -0.1) is 11.3 Å². The van der Waals surface area contributed by atoms with Crippen LogP contribution in [-0.4, -0.2) is 29.2 Å². The van der Waals surface area contributed by atoms with Crippen molar-refractivity contribution in [1.82, 2.24) is 4.98 Å². The maximum atomic E-state index is 11.4. The van der Waals surface area contributed by atoms with Crippen LogP contribution in [0, 0.1) is 10.1 Å². The van der Waals surface area contributed by atoms with Crippen molar-refractivity contribution in [1.29, 1.82) is 0 Å². The number of hydrazone groups is 1. The van der Waals surface area contributed by atoms with Gasteiger partial charge in [0.1, 0.15) is 11.5 Å². The molecule has 1 aliphatic rings. The number of benzene rings is 1.